The fourth-order valence-corrected chi connectivity index (χ4v) is 4.66. The van der Waals surface area contributed by atoms with Crippen LogP contribution >= 0.6 is 0 Å². The SMILES string of the molecule is CC(=O)NC[C@H]1CN(c2ccc(-c3ccc(CNCc4ccc(N5CCOCC5)nc4)cc3)c(F)c2)C(=O)O1. The lowest BCUT2D eigenvalue weighted by Gasteiger charge is -2.27. The Labute approximate surface area is 226 Å². The third-order valence-electron chi connectivity index (χ3n) is 6.78. The summed E-state index contributed by atoms with van der Waals surface area (Å²) in [6.45, 7) is 6.43. The van der Waals surface area contributed by atoms with Gasteiger partial charge < -0.3 is 25.0 Å². The van der Waals surface area contributed by atoms with Gasteiger partial charge in [-0.3, -0.25) is 9.69 Å². The molecule has 1 aromatic heterocycles. The number of nitrogens with zero attached hydrogens (tertiary/aromatic N) is 3. The first-order valence-electron chi connectivity index (χ1n) is 13.1. The summed E-state index contributed by atoms with van der Waals surface area (Å²) in [7, 11) is 0. The molecule has 1 atom stereocenters. The number of aromatic nitrogens is 1. The molecule has 2 aliphatic heterocycles. The monoisotopic (exact) mass is 533 g/mol. The predicted molar refractivity (Wildman–Crippen MR) is 146 cm³/mol. The molecule has 2 saturated heterocycles. The van der Waals surface area contributed by atoms with Crippen molar-refractivity contribution in [3.63, 3.8) is 0 Å². The number of morpholine rings is 1. The molecule has 2 aromatic carbocycles. The maximum absolute atomic E-state index is 15.0. The molecule has 2 amide bonds. The Hall–Kier alpha value is -4.02. The molecule has 0 spiro atoms. The number of benzene rings is 2. The lowest BCUT2D eigenvalue weighted by atomic mass is 10.0. The van der Waals surface area contributed by atoms with Crippen molar-refractivity contribution in [2.24, 2.45) is 0 Å². The summed E-state index contributed by atoms with van der Waals surface area (Å²) in [5.41, 5.74) is 3.80. The Kier molecular flexibility index (Phi) is 8.33. The molecule has 0 aliphatic carbocycles. The van der Waals surface area contributed by atoms with Crippen LogP contribution in [0.4, 0.5) is 20.7 Å². The van der Waals surface area contributed by atoms with Crippen LogP contribution in [-0.4, -0.2) is 62.5 Å². The first-order chi connectivity index (χ1) is 19.0. The number of carbonyl (C=O) groups is 2. The molecule has 0 saturated carbocycles. The number of hydrogen-bond donors (Lipinski definition) is 2. The lowest BCUT2D eigenvalue weighted by Crippen LogP contribution is -2.36. The van der Waals surface area contributed by atoms with E-state index in [-0.39, 0.29) is 19.0 Å². The molecule has 2 aliphatic rings. The summed E-state index contributed by atoms with van der Waals surface area (Å²) in [4.78, 5) is 31.5. The smallest absolute Gasteiger partial charge is 0.414 e. The molecular formula is C29H32FN5O4. The zero-order chi connectivity index (χ0) is 27.2. The Bertz CT molecular complexity index is 1300. The molecule has 0 radical (unpaired) electrons. The summed E-state index contributed by atoms with van der Waals surface area (Å²) in [6.07, 6.45) is 0.868. The Morgan fingerprint density at radius 3 is 2.49 bits per heavy atom. The Morgan fingerprint density at radius 1 is 1.05 bits per heavy atom. The molecule has 3 aromatic rings. The van der Waals surface area contributed by atoms with Crippen LogP contribution in [0.1, 0.15) is 18.1 Å². The largest absolute Gasteiger partial charge is 0.442 e. The van der Waals surface area contributed by atoms with Gasteiger partial charge in [-0.1, -0.05) is 30.3 Å². The zero-order valence-electron chi connectivity index (χ0n) is 21.9. The van der Waals surface area contributed by atoms with Crippen LogP contribution in [0, 0.1) is 5.82 Å². The van der Waals surface area contributed by atoms with Crippen LogP contribution in [0.2, 0.25) is 0 Å². The highest BCUT2D eigenvalue weighted by Crippen LogP contribution is 2.29. The van der Waals surface area contributed by atoms with E-state index in [4.69, 9.17) is 9.47 Å². The van der Waals surface area contributed by atoms with Crippen molar-refractivity contribution in [2.45, 2.75) is 26.1 Å². The molecule has 0 unspecified atom stereocenters. The van der Waals surface area contributed by atoms with Crippen LogP contribution < -0.4 is 20.4 Å². The number of pyridine rings is 1. The normalized spacial score (nSPS) is 17.3. The average molecular weight is 534 g/mol. The highest BCUT2D eigenvalue weighted by molar-refractivity contribution is 5.90. The summed E-state index contributed by atoms with van der Waals surface area (Å²) in [5, 5.41) is 6.06. The second-order valence-corrected chi connectivity index (χ2v) is 9.64. The van der Waals surface area contributed by atoms with Crippen LogP contribution in [0.5, 0.6) is 0 Å². The van der Waals surface area contributed by atoms with Crippen molar-refractivity contribution in [3.05, 3.63) is 77.7 Å². The van der Waals surface area contributed by atoms with Gasteiger partial charge in [0.25, 0.3) is 0 Å². The van der Waals surface area contributed by atoms with Gasteiger partial charge in [-0.05, 0) is 41.0 Å². The number of nitrogens with one attached hydrogen (secondary N) is 2. The number of cyclic esters (lactones) is 1. The van der Waals surface area contributed by atoms with Gasteiger partial charge in [0.2, 0.25) is 5.91 Å². The van der Waals surface area contributed by atoms with Crippen LogP contribution in [-0.2, 0) is 27.4 Å². The van der Waals surface area contributed by atoms with Gasteiger partial charge in [0.1, 0.15) is 17.7 Å². The molecule has 2 fully saturated rings. The molecule has 9 nitrogen and oxygen atoms in total. The van der Waals surface area contributed by atoms with E-state index in [9.17, 15) is 9.59 Å². The zero-order valence-corrected chi connectivity index (χ0v) is 21.9. The molecule has 5 rings (SSSR count). The Morgan fingerprint density at radius 2 is 1.79 bits per heavy atom. The maximum Gasteiger partial charge on any atom is 0.414 e. The molecule has 10 heteroatoms. The quantitative estimate of drug-likeness (QED) is 0.435. The average Bonchev–Trinajstić information content (AvgIpc) is 3.33. The fraction of sp³-hybridized carbons (Fsp3) is 0.345. The van der Waals surface area contributed by atoms with E-state index in [1.807, 2.05) is 36.5 Å². The van der Waals surface area contributed by atoms with E-state index in [0.717, 1.165) is 48.8 Å². The van der Waals surface area contributed by atoms with E-state index < -0.39 is 18.0 Å². The summed E-state index contributed by atoms with van der Waals surface area (Å²) in [6, 6.07) is 16.6. The minimum absolute atomic E-state index is 0.201. The number of hydrogen-bond acceptors (Lipinski definition) is 7. The third-order valence-corrected chi connectivity index (χ3v) is 6.78. The first kappa shape index (κ1) is 26.6. The van der Waals surface area contributed by atoms with Gasteiger partial charge in [0.15, 0.2) is 0 Å². The lowest BCUT2D eigenvalue weighted by molar-refractivity contribution is -0.119. The second kappa shape index (κ2) is 12.2. The van der Waals surface area contributed by atoms with Crippen molar-refractivity contribution in [3.8, 4) is 11.1 Å². The standard InChI is InChI=1S/C29H32FN5O4/c1-20(36)32-18-25-19-35(29(37)39-25)24-7-8-26(27(30)14-24)23-5-2-21(3-6-23)15-31-16-22-4-9-28(33-17-22)34-10-12-38-13-11-34/h2-9,14,17,25,31H,10-13,15-16,18-19H2,1H3,(H,32,36)/t25-/m0/s1. The summed E-state index contributed by atoms with van der Waals surface area (Å²) >= 11 is 0. The third kappa shape index (κ3) is 6.71. The van der Waals surface area contributed by atoms with Gasteiger partial charge in [-0.15, -0.1) is 0 Å². The van der Waals surface area contributed by atoms with Crippen molar-refractivity contribution < 1.29 is 23.5 Å². The fourth-order valence-electron chi connectivity index (χ4n) is 4.66. The van der Waals surface area contributed by atoms with E-state index >= 15 is 4.39 Å². The van der Waals surface area contributed by atoms with E-state index in [1.54, 1.807) is 12.1 Å². The minimum Gasteiger partial charge on any atom is -0.442 e. The highest BCUT2D eigenvalue weighted by atomic mass is 19.1. The predicted octanol–water partition coefficient (Wildman–Crippen LogP) is 3.48. The highest BCUT2D eigenvalue weighted by Gasteiger charge is 2.32. The number of ether oxygens (including phenoxy) is 2. The van der Waals surface area contributed by atoms with Crippen molar-refractivity contribution >= 4 is 23.5 Å². The number of carbonyl (C=O) groups excluding carboxylic acids is 2. The van der Waals surface area contributed by atoms with Gasteiger partial charge in [0, 0.05) is 44.9 Å². The number of amides is 2. The van der Waals surface area contributed by atoms with E-state index in [2.05, 4.69) is 26.6 Å². The van der Waals surface area contributed by atoms with E-state index in [0.29, 0.717) is 24.3 Å². The molecule has 2 N–H and O–H groups in total. The second-order valence-electron chi connectivity index (χ2n) is 9.64. The number of halogens is 1. The maximum atomic E-state index is 15.0. The molecule has 39 heavy (non-hydrogen) atoms. The van der Waals surface area contributed by atoms with Crippen molar-refractivity contribution in [1.82, 2.24) is 15.6 Å². The van der Waals surface area contributed by atoms with Gasteiger partial charge in [-0.2, -0.15) is 0 Å². The molecule has 0 bridgehead atoms. The van der Waals surface area contributed by atoms with Crippen molar-refractivity contribution in [2.75, 3.05) is 49.2 Å². The van der Waals surface area contributed by atoms with Gasteiger partial charge in [0.05, 0.1) is 32.0 Å². The summed E-state index contributed by atoms with van der Waals surface area (Å²) in [5.74, 6) is 0.349. The summed E-state index contributed by atoms with van der Waals surface area (Å²) < 4.78 is 25.7. The molecule has 204 valence electrons. The number of anilines is 2. The van der Waals surface area contributed by atoms with Crippen LogP contribution in [0.15, 0.2) is 60.8 Å². The number of rotatable bonds is 9. The molecular weight excluding hydrogens is 501 g/mol. The van der Waals surface area contributed by atoms with E-state index in [1.165, 1.54) is 17.9 Å². The Balaban J connectivity index is 1.14. The molecule has 3 heterocycles. The van der Waals surface area contributed by atoms with Crippen molar-refractivity contribution in [1.29, 1.82) is 0 Å². The topological polar surface area (TPSA) is 96.0 Å². The van der Waals surface area contributed by atoms with Gasteiger partial charge >= 0.3 is 6.09 Å². The minimum atomic E-state index is -0.557. The van der Waals surface area contributed by atoms with Gasteiger partial charge in [-0.25, -0.2) is 14.2 Å². The first-order valence-corrected chi connectivity index (χ1v) is 13.1. The van der Waals surface area contributed by atoms with Crippen LogP contribution in [0.3, 0.4) is 0 Å². The van der Waals surface area contributed by atoms with Crippen LogP contribution in [0.25, 0.3) is 11.1 Å².